The molecule has 0 fully saturated rings. The van der Waals surface area contributed by atoms with Crippen LogP contribution in [-0.4, -0.2) is 17.7 Å². The van der Waals surface area contributed by atoms with E-state index >= 15 is 0 Å². The predicted molar refractivity (Wildman–Crippen MR) is 85.5 cm³/mol. The lowest BCUT2D eigenvalue weighted by Gasteiger charge is -2.09. The predicted octanol–water partition coefficient (Wildman–Crippen LogP) is 3.48. The van der Waals surface area contributed by atoms with Crippen LogP contribution < -0.4 is 5.43 Å². The Labute approximate surface area is 135 Å². The molecule has 0 aliphatic heterocycles. The standard InChI is InChI=1S/C18H13FO5/c1-2-23-18(22)17-15(10-3-5-11(19)6-4-10)16(21)13-8-7-12(20)9-14(13)24-17/h3-9,20H,2H2,1H3. The van der Waals surface area contributed by atoms with Crippen molar-refractivity contribution in [1.82, 2.24) is 0 Å². The SMILES string of the molecule is CCOC(=O)c1oc2cc(O)ccc2c(=O)c1-c1ccc(F)cc1. The minimum absolute atomic E-state index is 0.00774. The fourth-order valence-electron chi connectivity index (χ4n) is 2.40. The summed E-state index contributed by atoms with van der Waals surface area (Å²) in [7, 11) is 0. The van der Waals surface area contributed by atoms with Crippen molar-refractivity contribution >= 4 is 16.9 Å². The van der Waals surface area contributed by atoms with E-state index in [0.717, 1.165) is 0 Å². The maximum atomic E-state index is 13.2. The molecule has 5 nitrogen and oxygen atoms in total. The summed E-state index contributed by atoms with van der Waals surface area (Å²) in [6, 6.07) is 9.13. The molecule has 0 aliphatic rings. The Morgan fingerprint density at radius 1 is 1.21 bits per heavy atom. The van der Waals surface area contributed by atoms with Gasteiger partial charge in [0.1, 0.15) is 17.1 Å². The van der Waals surface area contributed by atoms with Gasteiger partial charge in [-0.2, -0.15) is 0 Å². The average Bonchev–Trinajstić information content (AvgIpc) is 2.55. The lowest BCUT2D eigenvalue weighted by atomic mass is 10.0. The number of benzene rings is 2. The largest absolute Gasteiger partial charge is 0.508 e. The van der Waals surface area contributed by atoms with Crippen LogP contribution in [0.2, 0.25) is 0 Å². The smallest absolute Gasteiger partial charge is 0.375 e. The van der Waals surface area contributed by atoms with E-state index in [4.69, 9.17) is 9.15 Å². The Hall–Kier alpha value is -3.15. The summed E-state index contributed by atoms with van der Waals surface area (Å²) in [4.78, 5) is 25.0. The number of hydrogen-bond donors (Lipinski definition) is 1. The number of phenols is 1. The molecule has 0 spiro atoms. The second kappa shape index (κ2) is 6.16. The summed E-state index contributed by atoms with van der Waals surface area (Å²) in [6.07, 6.45) is 0. The molecule has 3 aromatic rings. The van der Waals surface area contributed by atoms with E-state index in [1.165, 1.54) is 42.5 Å². The highest BCUT2D eigenvalue weighted by molar-refractivity contribution is 5.97. The number of aromatic hydroxyl groups is 1. The number of hydrogen-bond acceptors (Lipinski definition) is 5. The van der Waals surface area contributed by atoms with Crippen LogP contribution in [0.15, 0.2) is 51.7 Å². The Morgan fingerprint density at radius 3 is 2.58 bits per heavy atom. The first-order chi connectivity index (χ1) is 11.5. The minimum Gasteiger partial charge on any atom is -0.508 e. The van der Waals surface area contributed by atoms with E-state index in [2.05, 4.69) is 0 Å². The molecule has 6 heteroatoms. The zero-order valence-corrected chi connectivity index (χ0v) is 12.7. The fraction of sp³-hybridized carbons (Fsp3) is 0.111. The molecule has 1 N–H and O–H groups in total. The number of phenolic OH excluding ortho intramolecular Hbond substituents is 1. The number of carbonyl (C=O) groups is 1. The van der Waals surface area contributed by atoms with Crippen molar-refractivity contribution in [1.29, 1.82) is 0 Å². The maximum Gasteiger partial charge on any atom is 0.375 e. The zero-order chi connectivity index (χ0) is 17.3. The highest BCUT2D eigenvalue weighted by Gasteiger charge is 2.23. The zero-order valence-electron chi connectivity index (χ0n) is 12.7. The molecular formula is C18H13FO5. The number of esters is 1. The van der Waals surface area contributed by atoms with Gasteiger partial charge in [0.25, 0.3) is 0 Å². The molecule has 24 heavy (non-hydrogen) atoms. The number of carbonyl (C=O) groups excluding carboxylic acids is 1. The number of rotatable bonds is 3. The van der Waals surface area contributed by atoms with Crippen LogP contribution in [0.3, 0.4) is 0 Å². The molecule has 0 amide bonds. The van der Waals surface area contributed by atoms with Crippen LogP contribution in [0, 0.1) is 5.82 Å². The van der Waals surface area contributed by atoms with Crippen LogP contribution in [-0.2, 0) is 4.74 Å². The second-order valence-corrected chi connectivity index (χ2v) is 5.04. The summed E-state index contributed by atoms with van der Waals surface area (Å²) < 4.78 is 23.6. The van der Waals surface area contributed by atoms with Crippen LogP contribution in [0.25, 0.3) is 22.1 Å². The van der Waals surface area contributed by atoms with Crippen molar-refractivity contribution in [3.8, 4) is 16.9 Å². The van der Waals surface area contributed by atoms with E-state index in [1.54, 1.807) is 6.92 Å². The lowest BCUT2D eigenvalue weighted by Crippen LogP contribution is -2.15. The van der Waals surface area contributed by atoms with Gasteiger partial charge in [-0.25, -0.2) is 9.18 Å². The Bertz CT molecular complexity index is 973. The van der Waals surface area contributed by atoms with Crippen molar-refractivity contribution in [2.45, 2.75) is 6.92 Å². The van der Waals surface area contributed by atoms with Crippen LogP contribution >= 0.6 is 0 Å². The van der Waals surface area contributed by atoms with Crippen molar-refractivity contribution in [2.24, 2.45) is 0 Å². The molecule has 0 bridgehead atoms. The summed E-state index contributed by atoms with van der Waals surface area (Å²) >= 11 is 0. The van der Waals surface area contributed by atoms with Crippen LogP contribution in [0.5, 0.6) is 5.75 Å². The van der Waals surface area contributed by atoms with E-state index in [1.807, 2.05) is 0 Å². The quantitative estimate of drug-likeness (QED) is 0.745. The van der Waals surface area contributed by atoms with Gasteiger partial charge in [0.2, 0.25) is 11.2 Å². The van der Waals surface area contributed by atoms with Gasteiger partial charge >= 0.3 is 5.97 Å². The molecule has 0 aliphatic carbocycles. The monoisotopic (exact) mass is 328 g/mol. The highest BCUT2D eigenvalue weighted by Crippen LogP contribution is 2.27. The van der Waals surface area contributed by atoms with Gasteiger partial charge in [-0.1, -0.05) is 12.1 Å². The third-order valence-electron chi connectivity index (χ3n) is 3.47. The van der Waals surface area contributed by atoms with E-state index in [9.17, 15) is 19.1 Å². The first-order valence-electron chi connectivity index (χ1n) is 7.24. The van der Waals surface area contributed by atoms with Crippen molar-refractivity contribution < 1.29 is 23.4 Å². The Morgan fingerprint density at radius 2 is 1.92 bits per heavy atom. The summed E-state index contributed by atoms with van der Waals surface area (Å²) in [5.41, 5.74) is -0.0744. The van der Waals surface area contributed by atoms with Crippen molar-refractivity contribution in [3.63, 3.8) is 0 Å². The summed E-state index contributed by atoms with van der Waals surface area (Å²) in [6.45, 7) is 1.73. The molecule has 0 saturated carbocycles. The van der Waals surface area contributed by atoms with Crippen molar-refractivity contribution in [3.05, 3.63) is 64.3 Å². The normalized spacial score (nSPS) is 10.8. The Balaban J connectivity index is 2.35. The first-order valence-corrected chi connectivity index (χ1v) is 7.24. The fourth-order valence-corrected chi connectivity index (χ4v) is 2.40. The molecule has 1 heterocycles. The van der Waals surface area contributed by atoms with Gasteiger partial charge in [-0.15, -0.1) is 0 Å². The molecule has 2 aromatic carbocycles. The molecule has 3 rings (SSSR count). The number of halogens is 1. The van der Waals surface area contributed by atoms with Crippen LogP contribution in [0.1, 0.15) is 17.5 Å². The molecule has 1 aromatic heterocycles. The van der Waals surface area contributed by atoms with Gasteiger partial charge in [0.15, 0.2) is 0 Å². The van der Waals surface area contributed by atoms with Crippen molar-refractivity contribution in [2.75, 3.05) is 6.61 Å². The number of fused-ring (bicyclic) bond motifs is 1. The highest BCUT2D eigenvalue weighted by atomic mass is 19.1. The molecular weight excluding hydrogens is 315 g/mol. The summed E-state index contributed by atoms with van der Waals surface area (Å²) in [5.74, 6) is -1.66. The number of ether oxygens (including phenoxy) is 1. The third kappa shape index (κ3) is 2.74. The second-order valence-electron chi connectivity index (χ2n) is 5.04. The Kier molecular flexibility index (Phi) is 4.04. The third-order valence-corrected chi connectivity index (χ3v) is 3.47. The average molecular weight is 328 g/mol. The van der Waals surface area contributed by atoms with E-state index in [-0.39, 0.29) is 34.6 Å². The molecule has 0 atom stereocenters. The van der Waals surface area contributed by atoms with Gasteiger partial charge in [0, 0.05) is 6.07 Å². The van der Waals surface area contributed by atoms with Crippen LogP contribution in [0.4, 0.5) is 4.39 Å². The van der Waals surface area contributed by atoms with E-state index in [0.29, 0.717) is 5.56 Å². The molecule has 122 valence electrons. The van der Waals surface area contributed by atoms with E-state index < -0.39 is 17.2 Å². The minimum atomic E-state index is -0.806. The van der Waals surface area contributed by atoms with Gasteiger partial charge in [0.05, 0.1) is 17.6 Å². The van der Waals surface area contributed by atoms with Gasteiger partial charge < -0.3 is 14.3 Å². The summed E-state index contributed by atoms with van der Waals surface area (Å²) in [5, 5.41) is 9.75. The maximum absolute atomic E-state index is 13.2. The first kappa shape index (κ1) is 15.7. The lowest BCUT2D eigenvalue weighted by molar-refractivity contribution is 0.0492. The topological polar surface area (TPSA) is 76.7 Å². The molecule has 0 radical (unpaired) electrons. The molecule has 0 saturated heterocycles. The van der Waals surface area contributed by atoms with Gasteiger partial charge in [-0.3, -0.25) is 4.79 Å². The molecule has 0 unspecified atom stereocenters. The van der Waals surface area contributed by atoms with Gasteiger partial charge in [-0.05, 0) is 36.8 Å².